The molecule has 0 spiro atoms. The first-order valence-electron chi connectivity index (χ1n) is 35.7. The van der Waals surface area contributed by atoms with Crippen LogP contribution in [0.5, 0.6) is 0 Å². The Balaban J connectivity index is 0.990. The van der Waals surface area contributed by atoms with E-state index in [0.717, 1.165) is 22.4 Å². The van der Waals surface area contributed by atoms with Gasteiger partial charge < -0.3 is 99.6 Å². The molecule has 4 aliphatic heterocycles. The van der Waals surface area contributed by atoms with Gasteiger partial charge in [-0.25, -0.2) is 0 Å². The van der Waals surface area contributed by atoms with Gasteiger partial charge in [0.25, 0.3) is 0 Å². The van der Waals surface area contributed by atoms with Crippen molar-refractivity contribution in [1.82, 2.24) is 0 Å². The first kappa shape index (κ1) is 84.7. The third kappa shape index (κ3) is 29.3. The summed E-state index contributed by atoms with van der Waals surface area (Å²) < 4.78 is 46.7. The number of nitrogens with two attached hydrogens (primary N) is 1. The number of anilines is 1. The number of allylic oxidation sites excluding steroid dienone is 12. The predicted molar refractivity (Wildman–Crippen MR) is 380 cm³/mol. The molecule has 2 bridgehead atoms. The van der Waals surface area contributed by atoms with Crippen molar-refractivity contribution >= 4 is 29.1 Å². The molecule has 2 saturated heterocycles. The quantitative estimate of drug-likeness (QED) is 0.0391. The number of esters is 1. The van der Waals surface area contributed by atoms with E-state index in [-0.39, 0.29) is 128 Å². The van der Waals surface area contributed by atoms with Gasteiger partial charge in [0, 0.05) is 80.9 Å². The summed E-state index contributed by atoms with van der Waals surface area (Å²) in [5, 5.41) is 111. The van der Waals surface area contributed by atoms with Crippen LogP contribution in [0.25, 0.3) is 0 Å². The molecule has 0 radical (unpaired) electrons. The highest BCUT2D eigenvalue weighted by atomic mass is 16.7. The number of hydrogen-bond acceptors (Lipinski definition) is 23. The second kappa shape index (κ2) is 45.2. The van der Waals surface area contributed by atoms with Crippen LogP contribution in [0.15, 0.2) is 134 Å². The second-order valence-corrected chi connectivity index (χ2v) is 26.8. The predicted octanol–water partition coefficient (Wildman–Crippen LogP) is 5.12. The highest BCUT2D eigenvalue weighted by Gasteiger charge is 2.50. The summed E-state index contributed by atoms with van der Waals surface area (Å²) in [5.74, 6) is 0.818. The van der Waals surface area contributed by atoms with E-state index in [1.54, 1.807) is 80.4 Å². The fraction of sp³-hybridized carbons (Fsp3) is 0.590. The third-order valence-corrected chi connectivity index (χ3v) is 18.5. The molecule has 2 unspecified atom stereocenters. The van der Waals surface area contributed by atoms with Crippen molar-refractivity contribution < 1.29 is 108 Å². The lowest BCUT2D eigenvalue weighted by atomic mass is 9.79. The molecule has 1 amide bonds. The Bertz CT molecular complexity index is 3160. The minimum Gasteiger partial charge on any atom is -0.462 e. The van der Waals surface area contributed by atoms with Crippen molar-refractivity contribution in [3.63, 3.8) is 0 Å². The van der Waals surface area contributed by atoms with Gasteiger partial charge in [-0.3, -0.25) is 19.2 Å². The average molecular weight is 1430 g/mol. The van der Waals surface area contributed by atoms with Crippen LogP contribution >= 0.6 is 0 Å². The Labute approximate surface area is 599 Å². The van der Waals surface area contributed by atoms with E-state index in [2.05, 4.69) is 11.8 Å². The standard InChI is InChI=1S/C78H110N2O22/c1-52-23-15-13-11-9-7-5-6-8-10-12-14-16-28-63(101-77-76(93)73(79)75(92)55(4)100-77)48-69-72(68(88)50-78(94,102-69)49-62(84)46-67(87)65(85)35-34-60(82)45-61(83)47-71(90)99-54(3)53(2)74(52)91)66(86)30-22-37-95-39-41-97-43-44-98-42-40-96-38-36-59(81)27-21-31-70(89)80-51-58-26-18-17-24-56(58)32-33-57-25-19-20-29-64(57)80/h5-20,23-26,28-29,52-55,60-63,65,67-69,72-77,82-85,87-88,91-94H,21-22,27,30-31,34-51,79H2,1-4H3/b6-5+,9-7+,10-8+,13-11+,14-12+,23-15+,28-16+/t52-,53-,54-,55+,60+,61+,62-,63-,65+,67+,68-,69?,72+,73?,74+,75+,76-,77-,78+/m0/s1. The van der Waals surface area contributed by atoms with Crippen molar-refractivity contribution in [2.45, 2.75) is 222 Å². The maximum absolute atomic E-state index is 14.3. The fourth-order valence-corrected chi connectivity index (χ4v) is 12.4. The van der Waals surface area contributed by atoms with Crippen LogP contribution in [0.4, 0.5) is 5.69 Å². The summed E-state index contributed by atoms with van der Waals surface area (Å²) in [5.41, 5.74) is 9.55. The largest absolute Gasteiger partial charge is 0.462 e. The number of fused-ring (bicyclic) bond motifs is 4. The van der Waals surface area contributed by atoms with Crippen LogP contribution in [0.1, 0.15) is 134 Å². The van der Waals surface area contributed by atoms with E-state index in [1.165, 1.54) is 0 Å². The SMILES string of the molecule is C[C@@H]1[C@H](O)[C@@H](C)/C=C/C=C/C=C/C=C/C=C/C=C/C=C/[C@H](O[C@@H]2O[C@H](C)[C@@H](O)C(N)[C@@H]2O)CC2O[C@](O)(C[C@@H](O)C[C@@H](O)[C@H](O)CC[C@@H](O)C[C@@H](O)CC(=O)O[C@H]1C)C[C@H](O)[C@H]2C(=O)CCCOCCOCCOCCOCCC(=O)CCCC(=O)N1Cc2ccccc2C#Cc2ccccc21. The highest BCUT2D eigenvalue weighted by Crippen LogP contribution is 2.39. The van der Waals surface area contributed by atoms with E-state index in [0.29, 0.717) is 13.0 Å². The number of carbonyl (C=O) groups is 4. The number of carbonyl (C=O) groups excluding carboxylic acids is 4. The summed E-state index contributed by atoms with van der Waals surface area (Å²) >= 11 is 0. The van der Waals surface area contributed by atoms with Crippen LogP contribution in [-0.2, 0) is 63.6 Å². The molecule has 4 aliphatic rings. The van der Waals surface area contributed by atoms with E-state index in [9.17, 15) is 70.2 Å². The molecule has 2 fully saturated rings. The molecule has 24 heteroatoms. The second-order valence-electron chi connectivity index (χ2n) is 26.8. The topological polar surface area (TPSA) is 374 Å². The summed E-state index contributed by atoms with van der Waals surface area (Å²) in [6.45, 7) is 9.06. The molecule has 2 aromatic carbocycles. The van der Waals surface area contributed by atoms with Gasteiger partial charge in [-0.05, 0) is 69.7 Å². The number of amides is 1. The molecule has 2 aromatic rings. The van der Waals surface area contributed by atoms with E-state index < -0.39 is 147 Å². The molecule has 0 aliphatic carbocycles. The zero-order chi connectivity index (χ0) is 74.0. The van der Waals surface area contributed by atoms with Crippen molar-refractivity contribution in [2.24, 2.45) is 23.5 Å². The number of ketones is 2. The number of ether oxygens (including phenoxy) is 8. The number of cyclic esters (lactones) is 1. The number of hydrogen-bond donors (Lipinski definition) is 11. The van der Waals surface area contributed by atoms with Gasteiger partial charge in [0.05, 0.1) is 144 Å². The minimum absolute atomic E-state index is 0.00417. The summed E-state index contributed by atoms with van der Waals surface area (Å²) in [7, 11) is 0. The molecule has 24 nitrogen and oxygen atoms in total. The molecule has 19 atom stereocenters. The lowest BCUT2D eigenvalue weighted by Gasteiger charge is -2.46. The number of rotatable bonds is 23. The van der Waals surface area contributed by atoms with Gasteiger partial charge in [-0.2, -0.15) is 0 Å². The molecule has 6 rings (SSSR count). The minimum atomic E-state index is -2.32. The smallest absolute Gasteiger partial charge is 0.308 e. The Morgan fingerprint density at radius 2 is 1.17 bits per heavy atom. The molecular formula is C78H110N2O22. The van der Waals surface area contributed by atoms with Crippen LogP contribution in [-0.4, -0.2) is 225 Å². The number of para-hydroxylation sites is 1. The van der Waals surface area contributed by atoms with E-state index >= 15 is 0 Å². The maximum Gasteiger partial charge on any atom is 0.308 e. The van der Waals surface area contributed by atoms with Crippen molar-refractivity contribution in [2.75, 3.05) is 57.8 Å². The van der Waals surface area contributed by atoms with Crippen LogP contribution < -0.4 is 10.6 Å². The first-order valence-corrected chi connectivity index (χ1v) is 35.7. The van der Waals surface area contributed by atoms with Gasteiger partial charge in [0.15, 0.2) is 12.1 Å². The molecular weight excluding hydrogens is 1320 g/mol. The Hall–Kier alpha value is -6.26. The average Bonchev–Trinajstić information content (AvgIpc) is 0.791. The number of Topliss-reactive ketones (excluding diaryl/α,β-unsaturated/α-hetero) is 2. The lowest BCUT2D eigenvalue weighted by molar-refractivity contribution is -0.307. The zero-order valence-corrected chi connectivity index (χ0v) is 59.3. The van der Waals surface area contributed by atoms with E-state index in [1.807, 2.05) is 85.8 Å². The van der Waals surface area contributed by atoms with Crippen LogP contribution in [0, 0.1) is 29.6 Å². The van der Waals surface area contributed by atoms with Crippen molar-refractivity contribution in [1.29, 1.82) is 0 Å². The molecule has 4 heterocycles. The van der Waals surface area contributed by atoms with Crippen molar-refractivity contribution in [3.05, 3.63) is 150 Å². The van der Waals surface area contributed by atoms with Crippen LogP contribution in [0.2, 0.25) is 0 Å². The highest BCUT2D eigenvalue weighted by molar-refractivity contribution is 5.95. The molecule has 102 heavy (non-hydrogen) atoms. The summed E-state index contributed by atoms with van der Waals surface area (Å²) in [6, 6.07) is 14.2. The van der Waals surface area contributed by atoms with E-state index in [4.69, 9.17) is 43.6 Å². The van der Waals surface area contributed by atoms with Gasteiger partial charge >= 0.3 is 5.97 Å². The van der Waals surface area contributed by atoms with Gasteiger partial charge in [-0.15, -0.1) is 0 Å². The number of nitrogens with zero attached hydrogens (tertiary/aromatic N) is 1. The summed E-state index contributed by atoms with van der Waals surface area (Å²) in [6.07, 6.45) is 5.28. The Morgan fingerprint density at radius 1 is 0.578 bits per heavy atom. The monoisotopic (exact) mass is 1430 g/mol. The first-order chi connectivity index (χ1) is 48.9. The number of aliphatic hydroxyl groups excluding tert-OH is 9. The fourth-order valence-electron chi connectivity index (χ4n) is 12.4. The molecule has 0 saturated carbocycles. The Morgan fingerprint density at radius 3 is 1.83 bits per heavy atom. The van der Waals surface area contributed by atoms with Crippen molar-refractivity contribution in [3.8, 4) is 11.8 Å². The van der Waals surface area contributed by atoms with Crippen LogP contribution in [0.3, 0.4) is 0 Å². The molecule has 0 aromatic heterocycles. The Kier molecular flexibility index (Phi) is 37.5. The normalized spacial score (nSPS) is 33.6. The number of aliphatic hydroxyl groups is 10. The lowest BCUT2D eigenvalue weighted by Crippen LogP contribution is -2.61. The van der Waals surface area contributed by atoms with Gasteiger partial charge in [0.2, 0.25) is 5.91 Å². The molecule has 564 valence electrons. The molecule has 12 N–H and O–H groups in total. The maximum atomic E-state index is 14.3. The third-order valence-electron chi connectivity index (χ3n) is 18.5. The summed E-state index contributed by atoms with van der Waals surface area (Å²) in [4.78, 5) is 55.0. The zero-order valence-electron chi connectivity index (χ0n) is 59.3. The van der Waals surface area contributed by atoms with Gasteiger partial charge in [-0.1, -0.05) is 141 Å². The number of benzene rings is 2. The van der Waals surface area contributed by atoms with Gasteiger partial charge in [0.1, 0.15) is 23.8 Å².